The van der Waals surface area contributed by atoms with Crippen molar-refractivity contribution in [2.24, 2.45) is 5.73 Å². The second kappa shape index (κ2) is 6.16. The number of amides is 1. The fourth-order valence-corrected chi connectivity index (χ4v) is 3.75. The quantitative estimate of drug-likeness (QED) is 0.681. The van der Waals surface area contributed by atoms with Crippen molar-refractivity contribution in [1.82, 2.24) is 4.98 Å². The van der Waals surface area contributed by atoms with Gasteiger partial charge >= 0.3 is 5.69 Å². The number of carbonyl (C=O) groups excluding carboxylic acids is 1. The topological polar surface area (TPSA) is 102 Å². The van der Waals surface area contributed by atoms with Crippen LogP contribution in [0, 0.1) is 10.1 Å². The summed E-state index contributed by atoms with van der Waals surface area (Å²) in [4.78, 5) is 28.8. The fraction of sp³-hybridized carbons (Fsp3) is 0.333. The normalized spacial score (nSPS) is 19.0. The molecule has 0 spiro atoms. The van der Waals surface area contributed by atoms with E-state index >= 15 is 0 Å². The molecule has 1 unspecified atom stereocenters. The van der Waals surface area contributed by atoms with Crippen molar-refractivity contribution >= 4 is 17.4 Å². The molecule has 0 saturated carbocycles. The van der Waals surface area contributed by atoms with E-state index in [1.165, 1.54) is 17.8 Å². The van der Waals surface area contributed by atoms with Gasteiger partial charge in [0.15, 0.2) is 0 Å². The van der Waals surface area contributed by atoms with Crippen LogP contribution in [0.5, 0.6) is 0 Å². The average Bonchev–Trinajstić information content (AvgIpc) is 2.89. The summed E-state index contributed by atoms with van der Waals surface area (Å²) in [6.07, 6.45) is 2.24. The van der Waals surface area contributed by atoms with Crippen molar-refractivity contribution in [3.8, 4) is 0 Å². The number of aromatic nitrogens is 1. The highest BCUT2D eigenvalue weighted by atomic mass is 16.6. The molecule has 2 heterocycles. The fourth-order valence-electron chi connectivity index (χ4n) is 3.75. The Morgan fingerprint density at radius 1 is 1.32 bits per heavy atom. The number of benzene rings is 1. The number of nitrogens with two attached hydrogens (primary N) is 1. The largest absolute Gasteiger partial charge is 0.365 e. The Kier molecular flexibility index (Phi) is 4.16. The Hall–Kier alpha value is -2.96. The van der Waals surface area contributed by atoms with Crippen LogP contribution in [-0.4, -0.2) is 27.9 Å². The Labute approximate surface area is 145 Å². The first kappa shape index (κ1) is 16.9. The number of nitro groups is 1. The third-order valence-corrected chi connectivity index (χ3v) is 5.00. The average molecular weight is 340 g/mol. The summed E-state index contributed by atoms with van der Waals surface area (Å²) in [5.74, 6) is -0.427. The maximum Gasteiger partial charge on any atom is 0.324 e. The van der Waals surface area contributed by atoms with Gasteiger partial charge in [-0.15, -0.1) is 0 Å². The lowest BCUT2D eigenvalue weighted by molar-refractivity contribution is -0.384. The maximum atomic E-state index is 11.6. The van der Waals surface area contributed by atoms with Crippen LogP contribution in [0.3, 0.4) is 0 Å². The predicted octanol–water partition coefficient (Wildman–Crippen LogP) is 2.86. The van der Waals surface area contributed by atoms with E-state index in [-0.39, 0.29) is 23.0 Å². The highest BCUT2D eigenvalue weighted by molar-refractivity contribution is 5.98. The van der Waals surface area contributed by atoms with Gasteiger partial charge in [-0.1, -0.05) is 30.3 Å². The summed E-state index contributed by atoms with van der Waals surface area (Å²) in [5, 5.41) is 11.6. The van der Waals surface area contributed by atoms with Crippen LogP contribution in [0.15, 0.2) is 42.6 Å². The molecule has 2 N–H and O–H groups in total. The lowest BCUT2D eigenvalue weighted by Gasteiger charge is -2.36. The number of anilines is 1. The van der Waals surface area contributed by atoms with E-state index in [1.807, 2.05) is 36.9 Å². The van der Waals surface area contributed by atoms with Gasteiger partial charge in [0.2, 0.25) is 5.82 Å². The Morgan fingerprint density at radius 3 is 2.60 bits per heavy atom. The molecule has 1 aliphatic heterocycles. The van der Waals surface area contributed by atoms with Gasteiger partial charge in [0.25, 0.3) is 5.91 Å². The maximum absolute atomic E-state index is 11.6. The molecule has 1 aromatic heterocycles. The molecular formula is C18H20N4O3. The molecule has 7 heteroatoms. The lowest BCUT2D eigenvalue weighted by atomic mass is 9.82. The van der Waals surface area contributed by atoms with Gasteiger partial charge in [-0.2, -0.15) is 0 Å². The Bertz CT molecular complexity index is 820. The lowest BCUT2D eigenvalue weighted by Crippen LogP contribution is -2.42. The SMILES string of the molecule is CC1(C)C(c2ccccc2)CCN1c1nccc(C(N)=O)c1[N+](=O)[O-]. The molecule has 7 nitrogen and oxygen atoms in total. The zero-order valence-electron chi connectivity index (χ0n) is 14.2. The van der Waals surface area contributed by atoms with Crippen molar-refractivity contribution in [3.63, 3.8) is 0 Å². The summed E-state index contributed by atoms with van der Waals surface area (Å²) in [6.45, 7) is 4.70. The molecule has 2 aromatic rings. The number of pyridine rings is 1. The molecule has 1 fully saturated rings. The molecular weight excluding hydrogens is 320 g/mol. The zero-order chi connectivity index (χ0) is 18.2. The molecule has 1 saturated heterocycles. The van der Waals surface area contributed by atoms with Gasteiger partial charge < -0.3 is 10.6 Å². The Balaban J connectivity index is 2.08. The van der Waals surface area contributed by atoms with Crippen molar-refractivity contribution < 1.29 is 9.72 Å². The number of rotatable bonds is 4. The second-order valence-electron chi connectivity index (χ2n) is 6.71. The third kappa shape index (κ3) is 2.82. The minimum Gasteiger partial charge on any atom is -0.365 e. The first-order chi connectivity index (χ1) is 11.8. The summed E-state index contributed by atoms with van der Waals surface area (Å²) in [5.41, 5.74) is 5.67. The van der Waals surface area contributed by atoms with Crippen LogP contribution in [0.1, 0.15) is 42.1 Å². The van der Waals surface area contributed by atoms with E-state index in [2.05, 4.69) is 17.1 Å². The van der Waals surface area contributed by atoms with Gasteiger partial charge in [-0.05, 0) is 31.9 Å². The van der Waals surface area contributed by atoms with Crippen molar-refractivity contribution in [3.05, 3.63) is 63.8 Å². The van der Waals surface area contributed by atoms with Gasteiger partial charge in [0.05, 0.1) is 4.92 Å². The summed E-state index contributed by atoms with van der Waals surface area (Å²) < 4.78 is 0. The first-order valence-corrected chi connectivity index (χ1v) is 8.10. The molecule has 1 aromatic carbocycles. The number of primary amides is 1. The third-order valence-electron chi connectivity index (χ3n) is 5.00. The van der Waals surface area contributed by atoms with Crippen molar-refractivity contribution in [2.45, 2.75) is 31.7 Å². The molecule has 0 radical (unpaired) electrons. The van der Waals surface area contributed by atoms with E-state index < -0.39 is 16.4 Å². The number of nitrogens with zero attached hydrogens (tertiary/aromatic N) is 3. The Morgan fingerprint density at radius 2 is 2.00 bits per heavy atom. The summed E-state index contributed by atoms with van der Waals surface area (Å²) in [7, 11) is 0. The smallest absolute Gasteiger partial charge is 0.324 e. The molecule has 25 heavy (non-hydrogen) atoms. The van der Waals surface area contributed by atoms with E-state index in [4.69, 9.17) is 5.73 Å². The van der Waals surface area contributed by atoms with Crippen molar-refractivity contribution in [2.75, 3.05) is 11.4 Å². The van der Waals surface area contributed by atoms with Crippen molar-refractivity contribution in [1.29, 1.82) is 0 Å². The number of carbonyl (C=O) groups is 1. The van der Waals surface area contributed by atoms with E-state index in [0.29, 0.717) is 6.54 Å². The molecule has 3 rings (SSSR count). The highest BCUT2D eigenvalue weighted by Crippen LogP contribution is 2.46. The van der Waals surface area contributed by atoms with Crippen LogP contribution < -0.4 is 10.6 Å². The van der Waals surface area contributed by atoms with E-state index in [1.54, 1.807) is 0 Å². The summed E-state index contributed by atoms with van der Waals surface area (Å²) >= 11 is 0. The minimum absolute atomic E-state index is 0.117. The van der Waals surface area contributed by atoms with Crippen LogP contribution in [0.2, 0.25) is 0 Å². The number of hydrogen-bond acceptors (Lipinski definition) is 5. The van der Waals surface area contributed by atoms with Gasteiger partial charge in [-0.3, -0.25) is 14.9 Å². The van der Waals surface area contributed by atoms with Crippen LogP contribution in [-0.2, 0) is 0 Å². The zero-order valence-corrected chi connectivity index (χ0v) is 14.2. The second-order valence-corrected chi connectivity index (χ2v) is 6.71. The van der Waals surface area contributed by atoms with Gasteiger partial charge in [0, 0.05) is 24.2 Å². The first-order valence-electron chi connectivity index (χ1n) is 8.10. The standard InChI is InChI=1S/C18H20N4O3/c1-18(2)14(12-6-4-3-5-7-12)9-11-21(18)17-15(22(24)25)13(16(19)23)8-10-20-17/h3-8,10,14H,9,11H2,1-2H3,(H2,19,23). The summed E-state index contributed by atoms with van der Waals surface area (Å²) in [6, 6.07) is 11.4. The molecule has 1 aliphatic rings. The minimum atomic E-state index is -0.827. The van der Waals surface area contributed by atoms with Gasteiger partial charge in [0.1, 0.15) is 5.56 Å². The molecule has 0 aliphatic carbocycles. The highest BCUT2D eigenvalue weighted by Gasteiger charge is 2.45. The van der Waals surface area contributed by atoms with E-state index in [0.717, 1.165) is 6.42 Å². The monoisotopic (exact) mass is 340 g/mol. The van der Waals surface area contributed by atoms with E-state index in [9.17, 15) is 14.9 Å². The predicted molar refractivity (Wildman–Crippen MR) is 94.6 cm³/mol. The molecule has 1 amide bonds. The molecule has 0 bridgehead atoms. The number of hydrogen-bond donors (Lipinski definition) is 1. The molecule has 1 atom stereocenters. The van der Waals surface area contributed by atoms with Crippen LogP contribution >= 0.6 is 0 Å². The molecule has 130 valence electrons. The van der Waals surface area contributed by atoms with Crippen LogP contribution in [0.25, 0.3) is 0 Å². The van der Waals surface area contributed by atoms with Crippen LogP contribution in [0.4, 0.5) is 11.5 Å². The van der Waals surface area contributed by atoms with Gasteiger partial charge in [-0.25, -0.2) is 4.98 Å².